The Hall–Kier alpha value is -2.34. The molecule has 1 aliphatic heterocycles. The molecule has 1 atom stereocenters. The maximum Gasteiger partial charge on any atom is 0.255 e. The average Bonchev–Trinajstić information content (AvgIpc) is 2.93. The number of rotatable bonds is 5. The summed E-state index contributed by atoms with van der Waals surface area (Å²) < 4.78 is 28.7. The maximum absolute atomic E-state index is 12.4. The minimum atomic E-state index is -2.93. The van der Waals surface area contributed by atoms with Gasteiger partial charge >= 0.3 is 0 Å². The second-order valence-electron chi connectivity index (χ2n) is 5.89. The zero-order chi connectivity index (χ0) is 17.0. The third-order valence-electron chi connectivity index (χ3n) is 3.98. The first-order chi connectivity index (χ1) is 11.5. The molecule has 0 unspecified atom stereocenters. The van der Waals surface area contributed by atoms with Gasteiger partial charge in [-0.3, -0.25) is 4.79 Å². The molecule has 1 heterocycles. The monoisotopic (exact) mass is 345 g/mol. The van der Waals surface area contributed by atoms with Crippen LogP contribution in [-0.4, -0.2) is 32.4 Å². The Balaban J connectivity index is 1.67. The number of ether oxygens (including phenoxy) is 1. The summed E-state index contributed by atoms with van der Waals surface area (Å²) in [6.45, 7) is 0.359. The molecule has 0 bridgehead atoms. The number of benzene rings is 2. The molecule has 1 amide bonds. The third kappa shape index (κ3) is 4.14. The van der Waals surface area contributed by atoms with Crippen LogP contribution in [0.1, 0.15) is 16.8 Å². The van der Waals surface area contributed by atoms with E-state index < -0.39 is 9.84 Å². The SMILES string of the molecule is O=C(NC[C@H]1CCS(=O)(=O)C1)c1ccccc1Oc1ccccc1. The number of amides is 1. The van der Waals surface area contributed by atoms with E-state index in [0.29, 0.717) is 30.0 Å². The van der Waals surface area contributed by atoms with Gasteiger partial charge in [0.2, 0.25) is 0 Å². The van der Waals surface area contributed by atoms with Gasteiger partial charge in [0.15, 0.2) is 9.84 Å². The van der Waals surface area contributed by atoms with Crippen LogP contribution in [0.2, 0.25) is 0 Å². The zero-order valence-corrected chi connectivity index (χ0v) is 14.0. The molecular weight excluding hydrogens is 326 g/mol. The first-order valence-electron chi connectivity index (χ1n) is 7.84. The van der Waals surface area contributed by atoms with E-state index in [2.05, 4.69) is 5.32 Å². The molecule has 0 aromatic heterocycles. The van der Waals surface area contributed by atoms with Crippen molar-refractivity contribution in [1.29, 1.82) is 0 Å². The van der Waals surface area contributed by atoms with Crippen LogP contribution in [0.25, 0.3) is 0 Å². The number of para-hydroxylation sites is 2. The molecule has 5 nitrogen and oxygen atoms in total. The summed E-state index contributed by atoms with van der Waals surface area (Å²) in [5.41, 5.74) is 0.433. The predicted octanol–water partition coefficient (Wildman–Crippen LogP) is 2.64. The molecule has 2 aromatic rings. The molecule has 1 fully saturated rings. The van der Waals surface area contributed by atoms with Gasteiger partial charge in [-0.2, -0.15) is 0 Å². The van der Waals surface area contributed by atoms with Gasteiger partial charge in [-0.05, 0) is 36.6 Å². The van der Waals surface area contributed by atoms with E-state index in [1.165, 1.54) is 0 Å². The van der Waals surface area contributed by atoms with Gasteiger partial charge in [0, 0.05) is 6.54 Å². The summed E-state index contributed by atoms with van der Waals surface area (Å²) in [5.74, 6) is 1.21. The van der Waals surface area contributed by atoms with Crippen LogP contribution >= 0.6 is 0 Å². The lowest BCUT2D eigenvalue weighted by Crippen LogP contribution is -2.30. The first kappa shape index (κ1) is 16.5. The summed E-state index contributed by atoms with van der Waals surface area (Å²) >= 11 is 0. The molecule has 1 saturated heterocycles. The second kappa shape index (κ2) is 7.05. The van der Waals surface area contributed by atoms with Gasteiger partial charge in [0.25, 0.3) is 5.91 Å². The summed E-state index contributed by atoms with van der Waals surface area (Å²) in [6.07, 6.45) is 0.602. The van der Waals surface area contributed by atoms with Crippen molar-refractivity contribution in [3.63, 3.8) is 0 Å². The van der Waals surface area contributed by atoms with Crippen molar-refractivity contribution in [2.45, 2.75) is 6.42 Å². The Bertz CT molecular complexity index is 818. The van der Waals surface area contributed by atoms with Gasteiger partial charge < -0.3 is 10.1 Å². The van der Waals surface area contributed by atoms with E-state index in [-0.39, 0.29) is 23.3 Å². The fraction of sp³-hybridized carbons (Fsp3) is 0.278. The first-order valence-corrected chi connectivity index (χ1v) is 9.66. The van der Waals surface area contributed by atoms with Crippen molar-refractivity contribution in [1.82, 2.24) is 5.32 Å². The fourth-order valence-corrected chi connectivity index (χ4v) is 4.59. The van der Waals surface area contributed by atoms with Crippen molar-refractivity contribution in [2.75, 3.05) is 18.1 Å². The number of carbonyl (C=O) groups is 1. The predicted molar refractivity (Wildman–Crippen MR) is 92.1 cm³/mol. The number of nitrogens with one attached hydrogen (secondary N) is 1. The second-order valence-corrected chi connectivity index (χ2v) is 8.12. The lowest BCUT2D eigenvalue weighted by atomic mass is 10.1. The Morgan fingerprint density at radius 1 is 1.08 bits per heavy atom. The van der Waals surface area contributed by atoms with Crippen LogP contribution in [0.15, 0.2) is 54.6 Å². The Kier molecular flexibility index (Phi) is 4.85. The highest BCUT2D eigenvalue weighted by atomic mass is 32.2. The highest BCUT2D eigenvalue weighted by Crippen LogP contribution is 2.25. The number of hydrogen-bond acceptors (Lipinski definition) is 4. The highest BCUT2D eigenvalue weighted by Gasteiger charge is 2.28. The zero-order valence-electron chi connectivity index (χ0n) is 13.1. The van der Waals surface area contributed by atoms with Crippen molar-refractivity contribution in [3.05, 3.63) is 60.2 Å². The van der Waals surface area contributed by atoms with Crippen LogP contribution in [0.3, 0.4) is 0 Å². The van der Waals surface area contributed by atoms with E-state index in [9.17, 15) is 13.2 Å². The molecule has 0 aliphatic carbocycles. The van der Waals surface area contributed by atoms with Crippen molar-refractivity contribution >= 4 is 15.7 Å². The summed E-state index contributed by atoms with van der Waals surface area (Å²) in [6, 6.07) is 16.3. The quantitative estimate of drug-likeness (QED) is 0.904. The summed E-state index contributed by atoms with van der Waals surface area (Å²) in [7, 11) is -2.93. The van der Waals surface area contributed by atoms with Gasteiger partial charge in [-0.25, -0.2) is 8.42 Å². The Labute approximate surface area is 141 Å². The van der Waals surface area contributed by atoms with Crippen molar-refractivity contribution < 1.29 is 17.9 Å². The van der Waals surface area contributed by atoms with Crippen LogP contribution in [-0.2, 0) is 9.84 Å². The smallest absolute Gasteiger partial charge is 0.255 e. The molecule has 0 radical (unpaired) electrons. The molecule has 0 saturated carbocycles. The number of carbonyl (C=O) groups excluding carboxylic acids is 1. The van der Waals surface area contributed by atoms with Crippen molar-refractivity contribution in [3.8, 4) is 11.5 Å². The van der Waals surface area contributed by atoms with Gasteiger partial charge in [-0.1, -0.05) is 30.3 Å². The Morgan fingerprint density at radius 2 is 1.79 bits per heavy atom. The van der Waals surface area contributed by atoms with Gasteiger partial charge in [0.05, 0.1) is 17.1 Å². The van der Waals surface area contributed by atoms with E-state index in [0.717, 1.165) is 0 Å². The van der Waals surface area contributed by atoms with Crippen LogP contribution in [0, 0.1) is 5.92 Å². The molecule has 3 rings (SSSR count). The van der Waals surface area contributed by atoms with E-state index in [1.807, 2.05) is 30.3 Å². The molecule has 1 aliphatic rings. The van der Waals surface area contributed by atoms with E-state index in [4.69, 9.17) is 4.74 Å². The lowest BCUT2D eigenvalue weighted by Gasteiger charge is -2.13. The van der Waals surface area contributed by atoms with Gasteiger partial charge in [-0.15, -0.1) is 0 Å². The third-order valence-corrected chi connectivity index (χ3v) is 5.82. The highest BCUT2D eigenvalue weighted by molar-refractivity contribution is 7.91. The Morgan fingerprint density at radius 3 is 2.50 bits per heavy atom. The van der Waals surface area contributed by atoms with Gasteiger partial charge in [0.1, 0.15) is 11.5 Å². The number of sulfone groups is 1. The molecule has 24 heavy (non-hydrogen) atoms. The van der Waals surface area contributed by atoms with E-state index in [1.54, 1.807) is 24.3 Å². The van der Waals surface area contributed by atoms with E-state index >= 15 is 0 Å². The molecule has 6 heteroatoms. The summed E-state index contributed by atoms with van der Waals surface area (Å²) in [4.78, 5) is 12.4. The minimum Gasteiger partial charge on any atom is -0.457 e. The summed E-state index contributed by atoms with van der Waals surface area (Å²) in [5, 5.41) is 2.82. The molecule has 2 aromatic carbocycles. The average molecular weight is 345 g/mol. The van der Waals surface area contributed by atoms with Crippen LogP contribution in [0.4, 0.5) is 0 Å². The fourth-order valence-electron chi connectivity index (χ4n) is 2.72. The largest absolute Gasteiger partial charge is 0.457 e. The topological polar surface area (TPSA) is 72.5 Å². The molecular formula is C18H19NO4S. The van der Waals surface area contributed by atoms with Crippen molar-refractivity contribution in [2.24, 2.45) is 5.92 Å². The molecule has 126 valence electrons. The maximum atomic E-state index is 12.4. The van der Waals surface area contributed by atoms with Crippen LogP contribution in [0.5, 0.6) is 11.5 Å². The lowest BCUT2D eigenvalue weighted by molar-refractivity contribution is 0.0946. The standard InChI is InChI=1S/C18H19NO4S/c20-18(19-12-14-10-11-24(21,22)13-14)16-8-4-5-9-17(16)23-15-6-2-1-3-7-15/h1-9,14H,10-13H2,(H,19,20)/t14-/m1/s1. The van der Waals surface area contributed by atoms with Crippen LogP contribution < -0.4 is 10.1 Å². The normalized spacial score (nSPS) is 18.9. The minimum absolute atomic E-state index is 0.0128. The molecule has 1 N–H and O–H groups in total. The number of hydrogen-bond donors (Lipinski definition) is 1. The molecule has 0 spiro atoms.